The van der Waals surface area contributed by atoms with Crippen molar-refractivity contribution in [3.8, 4) is 0 Å². The van der Waals surface area contributed by atoms with Crippen molar-refractivity contribution in [3.05, 3.63) is 0 Å². The highest BCUT2D eigenvalue weighted by molar-refractivity contribution is 4.98. The topological polar surface area (TPSA) is 18.5 Å². The van der Waals surface area contributed by atoms with Gasteiger partial charge in [-0.05, 0) is 59.8 Å². The zero-order valence-electron chi connectivity index (χ0n) is 11.1. The third kappa shape index (κ3) is 2.58. The summed E-state index contributed by atoms with van der Waals surface area (Å²) < 4.78 is 0. The number of nitrogens with one attached hydrogen (secondary N) is 1. The Hall–Kier alpha value is -0.120. The molecule has 0 aromatic carbocycles. The summed E-state index contributed by atoms with van der Waals surface area (Å²) in [6.45, 7) is 3.67. The van der Waals surface area contributed by atoms with E-state index in [2.05, 4.69) is 36.3 Å². The number of likely N-dealkylation sites (N-methyl/N-ethyl adjacent to an activating group) is 2. The van der Waals surface area contributed by atoms with Crippen LogP contribution in [0, 0.1) is 0 Å². The molecule has 2 aliphatic rings. The molecule has 1 saturated heterocycles. The minimum absolute atomic E-state index is 0.480. The molecule has 0 aromatic rings. The second-order valence-electron chi connectivity index (χ2n) is 5.96. The summed E-state index contributed by atoms with van der Waals surface area (Å²) in [5.41, 5.74) is 0.480. The molecule has 1 saturated carbocycles. The van der Waals surface area contributed by atoms with Gasteiger partial charge in [-0.3, -0.25) is 0 Å². The summed E-state index contributed by atoms with van der Waals surface area (Å²) >= 11 is 0. The van der Waals surface area contributed by atoms with Crippen LogP contribution in [0.5, 0.6) is 0 Å². The summed E-state index contributed by atoms with van der Waals surface area (Å²) in [5, 5.41) is 3.58. The van der Waals surface area contributed by atoms with E-state index in [1.165, 1.54) is 51.7 Å². The highest BCUT2D eigenvalue weighted by Gasteiger charge is 2.39. The molecule has 94 valence electrons. The first-order chi connectivity index (χ1) is 7.62. The molecule has 3 heteroatoms. The predicted molar refractivity (Wildman–Crippen MR) is 68.8 cm³/mol. The summed E-state index contributed by atoms with van der Waals surface area (Å²) in [4.78, 5) is 4.97. The van der Waals surface area contributed by atoms with E-state index in [9.17, 15) is 0 Å². The third-order valence-corrected chi connectivity index (χ3v) is 4.49. The number of hydrogen-bond acceptors (Lipinski definition) is 3. The minimum Gasteiger partial charge on any atom is -0.313 e. The number of hydrogen-bond donors (Lipinski definition) is 1. The van der Waals surface area contributed by atoms with Gasteiger partial charge < -0.3 is 15.1 Å². The summed E-state index contributed by atoms with van der Waals surface area (Å²) in [5.74, 6) is 0. The Bertz CT molecular complexity index is 217. The van der Waals surface area contributed by atoms with Crippen LogP contribution in [-0.4, -0.2) is 62.2 Å². The maximum atomic E-state index is 3.58. The maximum Gasteiger partial charge on any atom is 0.0330 e. The molecular formula is C13H27N3. The Kier molecular flexibility index (Phi) is 3.88. The van der Waals surface area contributed by atoms with Crippen molar-refractivity contribution in [1.29, 1.82) is 0 Å². The molecule has 0 bridgehead atoms. The molecule has 2 rings (SSSR count). The minimum atomic E-state index is 0.480. The van der Waals surface area contributed by atoms with Gasteiger partial charge in [0, 0.05) is 24.7 Å². The van der Waals surface area contributed by atoms with Crippen LogP contribution >= 0.6 is 0 Å². The predicted octanol–water partition coefficient (Wildman–Crippen LogP) is 1.15. The van der Waals surface area contributed by atoms with E-state index < -0.39 is 0 Å². The lowest BCUT2D eigenvalue weighted by Crippen LogP contribution is -2.57. The van der Waals surface area contributed by atoms with Gasteiger partial charge in [0.2, 0.25) is 0 Å². The summed E-state index contributed by atoms with van der Waals surface area (Å²) in [7, 11) is 6.76. The lowest BCUT2D eigenvalue weighted by Gasteiger charge is -2.49. The quantitative estimate of drug-likeness (QED) is 0.757. The monoisotopic (exact) mass is 225 g/mol. The SMILES string of the molecule is CN(CC1CCCN1)CC1(N(C)C)CCC1. The first-order valence-corrected chi connectivity index (χ1v) is 6.72. The smallest absolute Gasteiger partial charge is 0.0330 e. The second kappa shape index (κ2) is 5.03. The van der Waals surface area contributed by atoms with Crippen LogP contribution < -0.4 is 5.32 Å². The molecule has 1 aliphatic carbocycles. The van der Waals surface area contributed by atoms with Crippen molar-refractivity contribution in [1.82, 2.24) is 15.1 Å². The van der Waals surface area contributed by atoms with Crippen LogP contribution in [0.4, 0.5) is 0 Å². The van der Waals surface area contributed by atoms with E-state index in [0.717, 1.165) is 6.04 Å². The van der Waals surface area contributed by atoms with E-state index in [0.29, 0.717) is 5.54 Å². The fourth-order valence-corrected chi connectivity index (χ4v) is 3.19. The lowest BCUT2D eigenvalue weighted by atomic mass is 9.75. The molecule has 1 atom stereocenters. The molecule has 1 heterocycles. The molecule has 0 spiro atoms. The van der Waals surface area contributed by atoms with Crippen molar-refractivity contribution in [2.75, 3.05) is 40.8 Å². The first-order valence-electron chi connectivity index (χ1n) is 6.72. The van der Waals surface area contributed by atoms with Crippen LogP contribution in [-0.2, 0) is 0 Å². The molecule has 0 radical (unpaired) electrons. The normalized spacial score (nSPS) is 28.7. The summed E-state index contributed by atoms with van der Waals surface area (Å²) in [6.07, 6.45) is 6.88. The number of rotatable bonds is 5. The van der Waals surface area contributed by atoms with Gasteiger partial charge in [0.1, 0.15) is 0 Å². The zero-order chi connectivity index (χ0) is 11.6. The lowest BCUT2D eigenvalue weighted by molar-refractivity contribution is 0.0261. The van der Waals surface area contributed by atoms with E-state index in [1.807, 2.05) is 0 Å². The largest absolute Gasteiger partial charge is 0.313 e. The molecule has 1 unspecified atom stereocenters. The average molecular weight is 225 g/mol. The molecule has 0 amide bonds. The van der Waals surface area contributed by atoms with E-state index >= 15 is 0 Å². The van der Waals surface area contributed by atoms with Crippen molar-refractivity contribution in [2.45, 2.75) is 43.7 Å². The maximum absolute atomic E-state index is 3.58. The Morgan fingerprint density at radius 3 is 2.38 bits per heavy atom. The molecule has 16 heavy (non-hydrogen) atoms. The molecule has 0 aromatic heterocycles. The van der Waals surface area contributed by atoms with Crippen LogP contribution in [0.2, 0.25) is 0 Å². The van der Waals surface area contributed by atoms with Crippen molar-refractivity contribution < 1.29 is 0 Å². The van der Waals surface area contributed by atoms with Crippen LogP contribution in [0.3, 0.4) is 0 Å². The van der Waals surface area contributed by atoms with E-state index in [4.69, 9.17) is 0 Å². The Morgan fingerprint density at radius 2 is 1.94 bits per heavy atom. The second-order valence-corrected chi connectivity index (χ2v) is 5.96. The van der Waals surface area contributed by atoms with Gasteiger partial charge >= 0.3 is 0 Å². The van der Waals surface area contributed by atoms with Gasteiger partial charge in [0.15, 0.2) is 0 Å². The van der Waals surface area contributed by atoms with Gasteiger partial charge in [-0.25, -0.2) is 0 Å². The molecule has 2 fully saturated rings. The van der Waals surface area contributed by atoms with Gasteiger partial charge in [-0.15, -0.1) is 0 Å². The van der Waals surface area contributed by atoms with Crippen LogP contribution in [0.1, 0.15) is 32.1 Å². The van der Waals surface area contributed by atoms with E-state index in [-0.39, 0.29) is 0 Å². The van der Waals surface area contributed by atoms with Crippen LogP contribution in [0.25, 0.3) is 0 Å². The van der Waals surface area contributed by atoms with Gasteiger partial charge in [0.05, 0.1) is 0 Å². The molecular weight excluding hydrogens is 198 g/mol. The van der Waals surface area contributed by atoms with Crippen molar-refractivity contribution in [3.63, 3.8) is 0 Å². The fraction of sp³-hybridized carbons (Fsp3) is 1.00. The Morgan fingerprint density at radius 1 is 1.19 bits per heavy atom. The Labute approximate surface area is 100 Å². The first kappa shape index (κ1) is 12.3. The summed E-state index contributed by atoms with van der Waals surface area (Å²) in [6, 6.07) is 0.740. The van der Waals surface area contributed by atoms with Crippen molar-refractivity contribution in [2.24, 2.45) is 0 Å². The van der Waals surface area contributed by atoms with Crippen molar-refractivity contribution >= 4 is 0 Å². The fourth-order valence-electron chi connectivity index (χ4n) is 3.19. The van der Waals surface area contributed by atoms with Crippen LogP contribution in [0.15, 0.2) is 0 Å². The van der Waals surface area contributed by atoms with E-state index in [1.54, 1.807) is 0 Å². The third-order valence-electron chi connectivity index (χ3n) is 4.49. The highest BCUT2D eigenvalue weighted by Crippen LogP contribution is 2.36. The standard InChI is InChI=1S/C13H27N3/c1-15(2)13(7-5-8-13)11-16(3)10-12-6-4-9-14-12/h12,14H,4-11H2,1-3H3. The molecule has 3 nitrogen and oxygen atoms in total. The van der Waals surface area contributed by atoms with Gasteiger partial charge in [-0.1, -0.05) is 0 Å². The van der Waals surface area contributed by atoms with Gasteiger partial charge in [-0.2, -0.15) is 0 Å². The van der Waals surface area contributed by atoms with Gasteiger partial charge in [0.25, 0.3) is 0 Å². The molecule has 1 N–H and O–H groups in total. The average Bonchev–Trinajstić information content (AvgIpc) is 2.63. The Balaban J connectivity index is 1.78. The highest BCUT2D eigenvalue weighted by atomic mass is 15.2. The number of nitrogens with zero attached hydrogens (tertiary/aromatic N) is 2. The zero-order valence-corrected chi connectivity index (χ0v) is 11.1. The molecule has 1 aliphatic heterocycles.